The lowest BCUT2D eigenvalue weighted by Gasteiger charge is -2.38. The Morgan fingerprint density at radius 3 is 2.14 bits per heavy atom. The highest BCUT2D eigenvalue weighted by Crippen LogP contribution is 2.39. The van der Waals surface area contributed by atoms with E-state index in [-0.39, 0.29) is 12.8 Å². The van der Waals surface area contributed by atoms with Gasteiger partial charge in [0, 0.05) is 6.54 Å². The fourth-order valence-electron chi connectivity index (χ4n) is 2.95. The molecular weight excluding hydrogens is 289 g/mol. The molecule has 1 spiro atoms. The molecule has 0 atom stereocenters. The average molecular weight is 306 g/mol. The molecule has 1 aliphatic heterocycles. The van der Waals surface area contributed by atoms with Gasteiger partial charge in [-0.3, -0.25) is 19.8 Å². The van der Waals surface area contributed by atoms with Crippen molar-refractivity contribution in [1.29, 1.82) is 0 Å². The summed E-state index contributed by atoms with van der Waals surface area (Å²) in [5.41, 5.74) is -1.37. The van der Waals surface area contributed by atoms with Gasteiger partial charge in [-0.15, -0.1) is 0 Å². The van der Waals surface area contributed by atoms with E-state index in [1.165, 1.54) is 0 Å². The number of carbonyl (C=O) groups is 3. The zero-order chi connectivity index (χ0) is 15.7. The van der Waals surface area contributed by atoms with E-state index in [1.54, 1.807) is 0 Å². The van der Waals surface area contributed by atoms with Crippen molar-refractivity contribution in [1.82, 2.24) is 10.2 Å². The number of urea groups is 1. The fraction of sp³-hybridized carbons (Fsp3) is 0.769. The van der Waals surface area contributed by atoms with Crippen LogP contribution in [0.25, 0.3) is 0 Å². The lowest BCUT2D eigenvalue weighted by atomic mass is 9.77. The zero-order valence-electron chi connectivity index (χ0n) is 11.5. The Labute approximate surface area is 119 Å². The molecule has 1 N–H and O–H groups in total. The smallest absolute Gasteiger partial charge is 0.277 e. The topological polar surface area (TPSA) is 66.5 Å². The first kappa shape index (κ1) is 15.8. The van der Waals surface area contributed by atoms with Crippen molar-refractivity contribution in [2.75, 3.05) is 6.54 Å². The number of halogens is 3. The summed E-state index contributed by atoms with van der Waals surface area (Å²) >= 11 is 0. The molecule has 8 heteroatoms. The second-order valence-corrected chi connectivity index (χ2v) is 5.58. The highest BCUT2D eigenvalue weighted by atomic mass is 19.4. The van der Waals surface area contributed by atoms with Crippen LogP contribution in [0.5, 0.6) is 0 Å². The van der Waals surface area contributed by atoms with Gasteiger partial charge >= 0.3 is 12.2 Å². The summed E-state index contributed by atoms with van der Waals surface area (Å²) < 4.78 is 36.9. The van der Waals surface area contributed by atoms with E-state index < -0.39 is 42.4 Å². The molecule has 5 nitrogen and oxygen atoms in total. The first-order valence-corrected chi connectivity index (χ1v) is 7.00. The Balaban J connectivity index is 2.20. The SMILES string of the molecule is O=C1NC(=O)C2(CCCCCC2)C(=O)N1CCC(F)(F)F. The first-order valence-electron chi connectivity index (χ1n) is 7.00. The van der Waals surface area contributed by atoms with Crippen LogP contribution < -0.4 is 5.32 Å². The molecule has 0 unspecified atom stereocenters. The van der Waals surface area contributed by atoms with Gasteiger partial charge in [0.05, 0.1) is 6.42 Å². The third kappa shape index (κ3) is 3.19. The van der Waals surface area contributed by atoms with E-state index in [4.69, 9.17) is 0 Å². The maximum atomic E-state index is 12.5. The van der Waals surface area contributed by atoms with E-state index >= 15 is 0 Å². The third-order valence-corrected chi connectivity index (χ3v) is 4.13. The molecule has 1 aliphatic carbocycles. The molecule has 1 saturated heterocycles. The predicted molar refractivity (Wildman–Crippen MR) is 66.1 cm³/mol. The molecule has 1 saturated carbocycles. The van der Waals surface area contributed by atoms with Crippen LogP contribution in [0.2, 0.25) is 0 Å². The monoisotopic (exact) mass is 306 g/mol. The number of hydrogen-bond donors (Lipinski definition) is 1. The molecule has 118 valence electrons. The van der Waals surface area contributed by atoms with Crippen molar-refractivity contribution in [3.05, 3.63) is 0 Å². The first-order chi connectivity index (χ1) is 9.76. The summed E-state index contributed by atoms with van der Waals surface area (Å²) in [6.45, 7) is -0.747. The molecule has 0 radical (unpaired) electrons. The van der Waals surface area contributed by atoms with Crippen LogP contribution in [0, 0.1) is 5.41 Å². The minimum atomic E-state index is -4.46. The van der Waals surface area contributed by atoms with Crippen LogP contribution in [0.3, 0.4) is 0 Å². The molecule has 4 amide bonds. The second-order valence-electron chi connectivity index (χ2n) is 5.58. The highest BCUT2D eigenvalue weighted by Gasteiger charge is 2.53. The standard InChI is InChI=1S/C13H17F3N2O3/c14-13(15,16)7-8-18-10(20)12(9(19)17-11(18)21)5-3-1-2-4-6-12/h1-8H2,(H,17,19,21). The Morgan fingerprint density at radius 1 is 1.05 bits per heavy atom. The molecule has 1 heterocycles. The summed E-state index contributed by atoms with van der Waals surface area (Å²) in [7, 11) is 0. The predicted octanol–water partition coefficient (Wildman–Crippen LogP) is 2.36. The van der Waals surface area contributed by atoms with Crippen LogP contribution in [0.1, 0.15) is 44.9 Å². The zero-order valence-corrected chi connectivity index (χ0v) is 11.5. The van der Waals surface area contributed by atoms with Crippen LogP contribution in [0.4, 0.5) is 18.0 Å². The number of alkyl halides is 3. The largest absolute Gasteiger partial charge is 0.390 e. The van der Waals surface area contributed by atoms with Crippen molar-refractivity contribution >= 4 is 17.8 Å². The molecule has 0 bridgehead atoms. The molecule has 0 aromatic rings. The number of carbonyl (C=O) groups excluding carboxylic acids is 3. The molecule has 2 aliphatic rings. The summed E-state index contributed by atoms with van der Waals surface area (Å²) in [6.07, 6.45) is -2.10. The Morgan fingerprint density at radius 2 is 1.62 bits per heavy atom. The highest BCUT2D eigenvalue weighted by molar-refractivity contribution is 6.19. The fourth-order valence-corrected chi connectivity index (χ4v) is 2.95. The molecule has 21 heavy (non-hydrogen) atoms. The number of barbiturate groups is 1. The summed E-state index contributed by atoms with van der Waals surface area (Å²) in [6, 6.07) is -1.05. The lowest BCUT2D eigenvalue weighted by Crippen LogP contribution is -2.64. The number of amides is 4. The van der Waals surface area contributed by atoms with Crippen molar-refractivity contribution in [3.8, 4) is 0 Å². The van der Waals surface area contributed by atoms with Crippen molar-refractivity contribution in [2.24, 2.45) is 5.41 Å². The maximum absolute atomic E-state index is 12.5. The summed E-state index contributed by atoms with van der Waals surface area (Å²) in [4.78, 5) is 36.8. The Kier molecular flexibility index (Phi) is 4.25. The summed E-state index contributed by atoms with van der Waals surface area (Å²) in [5.74, 6) is -1.44. The van der Waals surface area contributed by atoms with E-state index in [2.05, 4.69) is 0 Å². The minimum Gasteiger partial charge on any atom is -0.277 e. The molecule has 2 fully saturated rings. The Hall–Kier alpha value is -1.60. The van der Waals surface area contributed by atoms with Crippen LogP contribution in [0.15, 0.2) is 0 Å². The number of hydrogen-bond acceptors (Lipinski definition) is 3. The van der Waals surface area contributed by atoms with Gasteiger partial charge in [0.1, 0.15) is 5.41 Å². The quantitative estimate of drug-likeness (QED) is 0.796. The van der Waals surface area contributed by atoms with E-state index in [0.29, 0.717) is 17.7 Å². The third-order valence-electron chi connectivity index (χ3n) is 4.13. The Bertz CT molecular complexity index is 454. The van der Waals surface area contributed by atoms with Gasteiger partial charge in [-0.05, 0) is 12.8 Å². The van der Waals surface area contributed by atoms with Gasteiger partial charge in [-0.2, -0.15) is 13.2 Å². The number of imide groups is 2. The second kappa shape index (κ2) is 5.65. The molecule has 0 aromatic heterocycles. The van der Waals surface area contributed by atoms with Gasteiger partial charge in [0.2, 0.25) is 11.8 Å². The molecule has 2 rings (SSSR count). The van der Waals surface area contributed by atoms with Crippen molar-refractivity contribution in [3.63, 3.8) is 0 Å². The van der Waals surface area contributed by atoms with Gasteiger partial charge in [-0.1, -0.05) is 25.7 Å². The van der Waals surface area contributed by atoms with Gasteiger partial charge in [0.25, 0.3) is 0 Å². The van der Waals surface area contributed by atoms with Crippen LogP contribution in [-0.4, -0.2) is 35.5 Å². The van der Waals surface area contributed by atoms with Gasteiger partial charge < -0.3 is 0 Å². The van der Waals surface area contributed by atoms with Crippen molar-refractivity contribution in [2.45, 2.75) is 51.1 Å². The summed E-state index contributed by atoms with van der Waals surface area (Å²) in [5, 5.41) is 2.04. The average Bonchev–Trinajstić information content (AvgIpc) is 2.62. The van der Waals surface area contributed by atoms with Crippen LogP contribution >= 0.6 is 0 Å². The molecule has 0 aromatic carbocycles. The number of nitrogens with one attached hydrogen (secondary N) is 1. The maximum Gasteiger partial charge on any atom is 0.390 e. The van der Waals surface area contributed by atoms with E-state index in [9.17, 15) is 27.6 Å². The van der Waals surface area contributed by atoms with Gasteiger partial charge in [-0.25, -0.2) is 4.79 Å². The van der Waals surface area contributed by atoms with E-state index in [0.717, 1.165) is 12.8 Å². The number of nitrogens with zero attached hydrogens (tertiary/aromatic N) is 1. The van der Waals surface area contributed by atoms with Crippen molar-refractivity contribution < 1.29 is 27.6 Å². The van der Waals surface area contributed by atoms with Crippen LogP contribution in [-0.2, 0) is 9.59 Å². The number of rotatable bonds is 2. The molecular formula is C13H17F3N2O3. The van der Waals surface area contributed by atoms with Gasteiger partial charge in [0.15, 0.2) is 0 Å². The minimum absolute atomic E-state index is 0.285. The lowest BCUT2D eigenvalue weighted by molar-refractivity contribution is -0.156. The normalized spacial score (nSPS) is 23.2. The van der Waals surface area contributed by atoms with E-state index in [1.807, 2.05) is 5.32 Å².